The zero-order valence-corrected chi connectivity index (χ0v) is 13.1. The van der Waals surface area contributed by atoms with E-state index >= 15 is 0 Å². The van der Waals surface area contributed by atoms with Crippen molar-refractivity contribution in [2.45, 2.75) is 38.3 Å². The molecule has 0 N–H and O–H groups in total. The molecular weight excluding hydrogens is 308 g/mol. The first-order valence-corrected chi connectivity index (χ1v) is 7.97. The van der Waals surface area contributed by atoms with Gasteiger partial charge in [-0.05, 0) is 32.5 Å². The van der Waals surface area contributed by atoms with Crippen molar-refractivity contribution in [2.75, 3.05) is 32.7 Å². The van der Waals surface area contributed by atoms with Crippen LogP contribution in [0.3, 0.4) is 0 Å². The maximum atomic E-state index is 12.8. The molecule has 0 unspecified atom stereocenters. The monoisotopic (exact) mass is 329 g/mol. The summed E-state index contributed by atoms with van der Waals surface area (Å²) in [5.74, 6) is 0. The summed E-state index contributed by atoms with van der Waals surface area (Å²) < 4.78 is 27.0. The van der Waals surface area contributed by atoms with Gasteiger partial charge < -0.3 is 4.90 Å². The smallest absolute Gasteiger partial charge is 0.303 e. The van der Waals surface area contributed by atoms with Gasteiger partial charge in [0.15, 0.2) is 0 Å². The molecule has 3 rings (SSSR count). The van der Waals surface area contributed by atoms with E-state index in [4.69, 9.17) is 0 Å². The number of alkyl halides is 2. The first kappa shape index (κ1) is 16.3. The summed E-state index contributed by atoms with van der Waals surface area (Å²) >= 11 is 0. The second kappa shape index (κ2) is 6.48. The van der Waals surface area contributed by atoms with Crippen molar-refractivity contribution >= 4 is 5.69 Å². The largest absolute Gasteiger partial charge is 0.316 e. The van der Waals surface area contributed by atoms with E-state index in [0.29, 0.717) is 6.04 Å². The third-order valence-corrected chi connectivity index (χ3v) is 4.93. The predicted molar refractivity (Wildman–Crippen MR) is 79.6 cm³/mol. The van der Waals surface area contributed by atoms with E-state index in [1.54, 1.807) is 0 Å². The number of nitrogens with zero attached hydrogens (tertiary/aromatic N) is 5. The molecule has 0 radical (unpaired) electrons. The molecule has 2 saturated heterocycles. The molecule has 2 aliphatic heterocycles. The van der Waals surface area contributed by atoms with Gasteiger partial charge in [-0.15, -0.1) is 0 Å². The van der Waals surface area contributed by atoms with Crippen LogP contribution in [0.1, 0.15) is 37.9 Å². The number of halogens is 2. The molecule has 1 aromatic rings. The Morgan fingerprint density at radius 2 is 2.00 bits per heavy atom. The quantitative estimate of drug-likeness (QED) is 0.611. The molecule has 23 heavy (non-hydrogen) atoms. The molecule has 0 spiro atoms. The fourth-order valence-electron chi connectivity index (χ4n) is 3.43. The Morgan fingerprint density at radius 3 is 2.48 bits per heavy atom. The van der Waals surface area contributed by atoms with E-state index in [1.165, 1.54) is 4.68 Å². The molecule has 2 fully saturated rings. The fraction of sp³-hybridized carbons (Fsp3) is 0.786. The van der Waals surface area contributed by atoms with Gasteiger partial charge >= 0.3 is 5.69 Å². The minimum absolute atomic E-state index is 0.0506. The van der Waals surface area contributed by atoms with Crippen molar-refractivity contribution < 1.29 is 13.7 Å². The lowest BCUT2D eigenvalue weighted by atomic mass is 9.97. The van der Waals surface area contributed by atoms with Gasteiger partial charge in [-0.3, -0.25) is 19.7 Å². The van der Waals surface area contributed by atoms with Gasteiger partial charge in [0.2, 0.25) is 5.69 Å². The van der Waals surface area contributed by atoms with Gasteiger partial charge in [0, 0.05) is 19.1 Å². The molecule has 1 aromatic heterocycles. The van der Waals surface area contributed by atoms with Gasteiger partial charge in [0.05, 0.1) is 11.0 Å². The number of rotatable bonds is 5. The van der Waals surface area contributed by atoms with Crippen LogP contribution in [-0.2, 0) is 0 Å². The summed E-state index contributed by atoms with van der Waals surface area (Å²) in [6.07, 6.45) is 0.444. The summed E-state index contributed by atoms with van der Waals surface area (Å²) in [7, 11) is 0. The van der Waals surface area contributed by atoms with Gasteiger partial charge in [0.1, 0.15) is 6.20 Å². The highest BCUT2D eigenvalue weighted by molar-refractivity contribution is 5.33. The van der Waals surface area contributed by atoms with E-state index in [2.05, 4.69) is 21.8 Å². The predicted octanol–water partition coefficient (Wildman–Crippen LogP) is 2.07. The molecule has 7 nitrogen and oxygen atoms in total. The maximum Gasteiger partial charge on any atom is 0.316 e. The third kappa shape index (κ3) is 3.20. The molecule has 0 aliphatic carbocycles. The minimum Gasteiger partial charge on any atom is -0.303 e. The summed E-state index contributed by atoms with van der Waals surface area (Å²) in [5, 5.41) is 14.6. The van der Waals surface area contributed by atoms with Crippen molar-refractivity contribution in [3.05, 3.63) is 22.0 Å². The standard InChI is InChI=1S/C14H21F2N5O2/c1-2-18-5-3-10(4-6-18)19-7-11(8-19)20-9-12(21(22)23)13(17-20)14(15)16/h9-11,14H,2-8H2,1H3. The van der Waals surface area contributed by atoms with Crippen LogP contribution in [0.15, 0.2) is 6.20 Å². The number of likely N-dealkylation sites (tertiary alicyclic amines) is 2. The number of piperidine rings is 1. The average molecular weight is 329 g/mol. The SMILES string of the molecule is CCN1CCC(N2CC(n3cc([N+](=O)[O-])c(C(F)F)n3)C2)CC1. The van der Waals surface area contributed by atoms with Crippen molar-refractivity contribution in [3.8, 4) is 0 Å². The number of hydrogen-bond donors (Lipinski definition) is 0. The molecule has 0 amide bonds. The van der Waals surface area contributed by atoms with Crippen LogP contribution in [0.25, 0.3) is 0 Å². The Kier molecular flexibility index (Phi) is 4.58. The van der Waals surface area contributed by atoms with Crippen LogP contribution in [0.2, 0.25) is 0 Å². The Bertz CT molecular complexity index is 566. The molecule has 2 aliphatic rings. The van der Waals surface area contributed by atoms with Crippen molar-refractivity contribution in [3.63, 3.8) is 0 Å². The van der Waals surface area contributed by atoms with Crippen LogP contribution in [0, 0.1) is 10.1 Å². The van der Waals surface area contributed by atoms with Gasteiger partial charge in [-0.1, -0.05) is 6.92 Å². The lowest BCUT2D eigenvalue weighted by Crippen LogP contribution is -2.55. The first-order valence-electron chi connectivity index (χ1n) is 7.97. The van der Waals surface area contributed by atoms with Crippen LogP contribution in [0.4, 0.5) is 14.5 Å². The molecule has 0 bridgehead atoms. The van der Waals surface area contributed by atoms with Crippen LogP contribution < -0.4 is 0 Å². The second-order valence-corrected chi connectivity index (χ2v) is 6.21. The average Bonchev–Trinajstić information content (AvgIpc) is 2.92. The van der Waals surface area contributed by atoms with Gasteiger partial charge in [-0.25, -0.2) is 8.78 Å². The maximum absolute atomic E-state index is 12.8. The zero-order chi connectivity index (χ0) is 16.6. The third-order valence-electron chi connectivity index (χ3n) is 4.93. The molecular formula is C14H21F2N5O2. The molecule has 128 valence electrons. The second-order valence-electron chi connectivity index (χ2n) is 6.21. The highest BCUT2D eigenvalue weighted by Crippen LogP contribution is 2.32. The van der Waals surface area contributed by atoms with Crippen LogP contribution in [-0.4, -0.2) is 63.3 Å². The molecule has 3 heterocycles. The van der Waals surface area contributed by atoms with E-state index < -0.39 is 22.7 Å². The fourth-order valence-corrected chi connectivity index (χ4v) is 3.43. The summed E-state index contributed by atoms with van der Waals surface area (Å²) in [4.78, 5) is 14.8. The molecule has 0 atom stereocenters. The van der Waals surface area contributed by atoms with Crippen LogP contribution >= 0.6 is 0 Å². The summed E-state index contributed by atoms with van der Waals surface area (Å²) in [5.41, 5.74) is -1.32. The lowest BCUT2D eigenvalue weighted by molar-refractivity contribution is -0.386. The zero-order valence-electron chi connectivity index (χ0n) is 13.1. The van der Waals surface area contributed by atoms with E-state index in [0.717, 1.165) is 51.8 Å². The van der Waals surface area contributed by atoms with Crippen molar-refractivity contribution in [2.24, 2.45) is 0 Å². The van der Waals surface area contributed by atoms with Crippen molar-refractivity contribution in [1.29, 1.82) is 0 Å². The van der Waals surface area contributed by atoms with E-state index in [-0.39, 0.29) is 6.04 Å². The van der Waals surface area contributed by atoms with Gasteiger partial charge in [-0.2, -0.15) is 5.10 Å². The molecule has 0 aromatic carbocycles. The highest BCUT2D eigenvalue weighted by Gasteiger charge is 2.37. The summed E-state index contributed by atoms with van der Waals surface area (Å²) in [6.45, 7) is 6.85. The first-order chi connectivity index (χ1) is 11.0. The Balaban J connectivity index is 1.59. The Hall–Kier alpha value is -1.61. The Morgan fingerprint density at radius 1 is 1.35 bits per heavy atom. The highest BCUT2D eigenvalue weighted by atomic mass is 19.3. The normalized spacial score (nSPS) is 21.7. The topological polar surface area (TPSA) is 67.4 Å². The lowest BCUT2D eigenvalue weighted by Gasteiger charge is -2.46. The molecule has 0 saturated carbocycles. The summed E-state index contributed by atoms with van der Waals surface area (Å²) in [6, 6.07) is 0.472. The van der Waals surface area contributed by atoms with E-state index in [1.807, 2.05) is 0 Å². The van der Waals surface area contributed by atoms with Crippen molar-refractivity contribution in [1.82, 2.24) is 19.6 Å². The minimum atomic E-state index is -2.92. The number of aromatic nitrogens is 2. The van der Waals surface area contributed by atoms with Gasteiger partial charge in [0.25, 0.3) is 6.43 Å². The Labute approximate surface area is 133 Å². The van der Waals surface area contributed by atoms with E-state index in [9.17, 15) is 18.9 Å². The van der Waals surface area contributed by atoms with Crippen LogP contribution in [0.5, 0.6) is 0 Å². The number of nitro groups is 1. The molecule has 9 heteroatoms. The number of hydrogen-bond acceptors (Lipinski definition) is 5.